The average Bonchev–Trinajstić information content (AvgIpc) is 3.51. The second-order valence-corrected chi connectivity index (χ2v) is 7.58. The average molecular weight is 483 g/mol. The van der Waals surface area contributed by atoms with Crippen LogP contribution in [-0.4, -0.2) is 26.3 Å². The predicted octanol–water partition coefficient (Wildman–Crippen LogP) is 3.91. The van der Waals surface area contributed by atoms with Crippen molar-refractivity contribution in [3.63, 3.8) is 0 Å². The summed E-state index contributed by atoms with van der Waals surface area (Å²) in [5.74, 6) is -3.63. The van der Waals surface area contributed by atoms with E-state index in [2.05, 4.69) is 15.3 Å². The van der Waals surface area contributed by atoms with Crippen molar-refractivity contribution in [1.82, 2.24) is 15.3 Å². The van der Waals surface area contributed by atoms with Crippen LogP contribution >= 0.6 is 0 Å². The topological polar surface area (TPSA) is 152 Å². The first-order valence-corrected chi connectivity index (χ1v) is 10.1. The molecule has 0 spiro atoms. The Hall–Kier alpha value is -4.50. The van der Waals surface area contributed by atoms with Gasteiger partial charge in [-0.1, -0.05) is 64.9 Å². The van der Waals surface area contributed by atoms with Crippen molar-refractivity contribution < 1.29 is 32.1 Å². The molecule has 0 radical (unpaired) electrons. The van der Waals surface area contributed by atoms with E-state index in [0.717, 1.165) is 0 Å². The fraction of sp³-hybridized carbons (Fsp3) is 0.174. The number of nitrogens with two attached hydrogens (primary N) is 1. The normalized spacial score (nSPS) is 14.2. The maximum Gasteiger partial charge on any atom is 0.422 e. The molecule has 12 heteroatoms. The highest BCUT2D eigenvalue weighted by Crippen LogP contribution is 2.43. The van der Waals surface area contributed by atoms with Crippen molar-refractivity contribution in [3.05, 3.63) is 65.7 Å². The highest BCUT2D eigenvalue weighted by atomic mass is 19.4. The van der Waals surface area contributed by atoms with Gasteiger partial charge in [0.2, 0.25) is 11.6 Å². The number of rotatable bonds is 6. The number of carbonyl (C=O) groups excluding carboxylic acids is 1. The van der Waals surface area contributed by atoms with E-state index in [1.54, 1.807) is 24.3 Å². The summed E-state index contributed by atoms with van der Waals surface area (Å²) in [4.78, 5) is 15.8. The quantitative estimate of drug-likeness (QED) is 0.419. The minimum atomic E-state index is -4.83. The first kappa shape index (κ1) is 23.7. The minimum absolute atomic E-state index is 0.0496. The summed E-state index contributed by atoms with van der Waals surface area (Å²) in [6.45, 7) is 1.34. The molecular formula is C23H16F3N5O4. The van der Waals surface area contributed by atoms with Crippen molar-refractivity contribution in [3.8, 4) is 40.4 Å². The zero-order chi connectivity index (χ0) is 25.4. The van der Waals surface area contributed by atoms with Gasteiger partial charge in [-0.25, -0.2) is 0 Å². The van der Waals surface area contributed by atoms with Gasteiger partial charge in [0.25, 0.3) is 11.8 Å². The monoisotopic (exact) mass is 483 g/mol. The fourth-order valence-corrected chi connectivity index (χ4v) is 3.50. The lowest BCUT2D eigenvalue weighted by molar-refractivity contribution is -0.140. The second kappa shape index (κ2) is 8.69. The lowest BCUT2D eigenvalue weighted by Crippen LogP contribution is -2.45. The summed E-state index contributed by atoms with van der Waals surface area (Å²) in [7, 11) is 0. The maximum atomic E-state index is 13.9. The number of primary amides is 1. The number of halogens is 3. The Morgan fingerprint density at radius 1 is 1.06 bits per heavy atom. The van der Waals surface area contributed by atoms with E-state index < -0.39 is 46.5 Å². The van der Waals surface area contributed by atoms with E-state index >= 15 is 0 Å². The molecule has 0 aliphatic heterocycles. The molecule has 178 valence electrons. The Balaban J connectivity index is 1.71. The van der Waals surface area contributed by atoms with Gasteiger partial charge in [0.15, 0.2) is 5.60 Å². The van der Waals surface area contributed by atoms with Crippen LogP contribution in [0.25, 0.3) is 34.3 Å². The number of amides is 1. The molecule has 0 aliphatic rings. The third-order valence-corrected chi connectivity index (χ3v) is 5.42. The zero-order valence-electron chi connectivity index (χ0n) is 17.9. The van der Waals surface area contributed by atoms with Gasteiger partial charge in [-0.3, -0.25) is 4.79 Å². The standard InChI is InChI=1S/C23H16F3N5O4/c1-12(11-27)22(33,21(28)32)15-9-7-14(8-10-15)19-29-20(35-31-19)18-16(23(24,25)26)17(30-34-18)13-5-3-2-4-6-13/h2-10,12,33H,1H3,(H2,28,32)/t12-,22?/m0/s1. The molecule has 2 aromatic carbocycles. The van der Waals surface area contributed by atoms with Gasteiger partial charge in [-0.2, -0.15) is 23.4 Å². The van der Waals surface area contributed by atoms with E-state index in [1.165, 1.54) is 43.3 Å². The Kier molecular flexibility index (Phi) is 5.87. The molecule has 2 atom stereocenters. The highest BCUT2D eigenvalue weighted by Gasteiger charge is 2.43. The molecule has 1 amide bonds. The van der Waals surface area contributed by atoms with Gasteiger partial charge in [0.1, 0.15) is 11.3 Å². The Bertz CT molecular complexity index is 1410. The van der Waals surface area contributed by atoms with Crippen LogP contribution in [0, 0.1) is 17.2 Å². The predicted molar refractivity (Wildman–Crippen MR) is 114 cm³/mol. The van der Waals surface area contributed by atoms with Crippen molar-refractivity contribution >= 4 is 5.91 Å². The number of aromatic nitrogens is 3. The van der Waals surface area contributed by atoms with Gasteiger partial charge in [0.05, 0.1) is 12.0 Å². The van der Waals surface area contributed by atoms with Gasteiger partial charge < -0.3 is 19.9 Å². The van der Waals surface area contributed by atoms with Crippen LogP contribution in [0.15, 0.2) is 63.6 Å². The van der Waals surface area contributed by atoms with E-state index in [9.17, 15) is 23.1 Å². The van der Waals surface area contributed by atoms with E-state index in [0.29, 0.717) is 0 Å². The van der Waals surface area contributed by atoms with Gasteiger partial charge >= 0.3 is 6.18 Å². The van der Waals surface area contributed by atoms with Crippen LogP contribution < -0.4 is 5.73 Å². The smallest absolute Gasteiger partial charge is 0.374 e. The van der Waals surface area contributed by atoms with Crippen molar-refractivity contribution in [2.45, 2.75) is 18.7 Å². The largest absolute Gasteiger partial charge is 0.422 e. The number of aliphatic hydroxyl groups is 1. The number of hydrogen-bond donors (Lipinski definition) is 2. The third-order valence-electron chi connectivity index (χ3n) is 5.42. The van der Waals surface area contributed by atoms with Crippen LogP contribution in [0.4, 0.5) is 13.2 Å². The van der Waals surface area contributed by atoms with Crippen molar-refractivity contribution in [1.29, 1.82) is 5.26 Å². The summed E-state index contributed by atoms with van der Waals surface area (Å²) in [5.41, 5.74) is 2.01. The molecule has 4 aromatic rings. The van der Waals surface area contributed by atoms with Crippen LogP contribution in [0.1, 0.15) is 18.1 Å². The minimum Gasteiger partial charge on any atom is -0.374 e. The van der Waals surface area contributed by atoms with Crippen molar-refractivity contribution in [2.75, 3.05) is 0 Å². The molecule has 35 heavy (non-hydrogen) atoms. The van der Waals surface area contributed by atoms with E-state index in [1.807, 2.05) is 0 Å². The Morgan fingerprint density at radius 2 is 1.71 bits per heavy atom. The van der Waals surface area contributed by atoms with Gasteiger partial charge in [-0.05, 0) is 12.5 Å². The number of hydrogen-bond acceptors (Lipinski definition) is 8. The summed E-state index contributed by atoms with van der Waals surface area (Å²) in [6, 6.07) is 14.9. The fourth-order valence-electron chi connectivity index (χ4n) is 3.50. The molecule has 9 nitrogen and oxygen atoms in total. The molecule has 2 aromatic heterocycles. The molecule has 2 heterocycles. The summed E-state index contributed by atoms with van der Waals surface area (Å²) in [6.07, 6.45) is -4.83. The summed E-state index contributed by atoms with van der Waals surface area (Å²) in [5, 5.41) is 27.1. The first-order valence-electron chi connectivity index (χ1n) is 10.1. The lowest BCUT2D eigenvalue weighted by Gasteiger charge is -2.27. The SMILES string of the molecule is C[C@@H](C#N)C(O)(C(N)=O)c1ccc(-c2noc(-c3onc(-c4ccccc4)c3C(F)(F)F)n2)cc1. The summed E-state index contributed by atoms with van der Waals surface area (Å²) >= 11 is 0. The molecule has 1 unspecified atom stereocenters. The number of nitriles is 1. The highest BCUT2D eigenvalue weighted by molar-refractivity contribution is 5.85. The molecule has 0 fully saturated rings. The molecule has 0 saturated heterocycles. The first-order chi connectivity index (χ1) is 16.6. The second-order valence-electron chi connectivity index (χ2n) is 7.58. The molecule has 4 rings (SSSR count). The number of alkyl halides is 3. The molecule has 0 saturated carbocycles. The molecular weight excluding hydrogens is 467 g/mol. The van der Waals surface area contributed by atoms with Crippen LogP contribution in [0.5, 0.6) is 0 Å². The molecule has 0 aliphatic carbocycles. The van der Waals surface area contributed by atoms with E-state index in [-0.39, 0.29) is 22.5 Å². The van der Waals surface area contributed by atoms with Crippen LogP contribution in [-0.2, 0) is 16.6 Å². The number of benzene rings is 2. The van der Waals surface area contributed by atoms with E-state index in [4.69, 9.17) is 20.0 Å². The Morgan fingerprint density at radius 3 is 2.29 bits per heavy atom. The van der Waals surface area contributed by atoms with Crippen LogP contribution in [0.3, 0.4) is 0 Å². The third kappa shape index (κ3) is 4.13. The number of nitrogens with zero attached hydrogens (tertiary/aromatic N) is 4. The maximum absolute atomic E-state index is 13.9. The van der Waals surface area contributed by atoms with Gasteiger partial charge in [-0.15, -0.1) is 0 Å². The van der Waals surface area contributed by atoms with Gasteiger partial charge in [0, 0.05) is 11.1 Å². The van der Waals surface area contributed by atoms with Crippen LogP contribution in [0.2, 0.25) is 0 Å². The summed E-state index contributed by atoms with van der Waals surface area (Å²) < 4.78 is 51.6. The Labute approximate surface area is 195 Å². The molecule has 3 N–H and O–H groups in total. The molecule has 0 bridgehead atoms. The number of carbonyl (C=O) groups is 1. The lowest BCUT2D eigenvalue weighted by atomic mass is 9.82. The zero-order valence-corrected chi connectivity index (χ0v) is 17.9. The van der Waals surface area contributed by atoms with Crippen molar-refractivity contribution in [2.24, 2.45) is 11.7 Å².